The fourth-order valence-corrected chi connectivity index (χ4v) is 4.73. The summed E-state index contributed by atoms with van der Waals surface area (Å²) >= 11 is 1.34. The lowest BCUT2D eigenvalue weighted by Crippen LogP contribution is -2.28. The van der Waals surface area contributed by atoms with E-state index in [1.54, 1.807) is 28.1 Å². The van der Waals surface area contributed by atoms with Gasteiger partial charge in [0.25, 0.3) is 5.91 Å². The first-order valence-corrected chi connectivity index (χ1v) is 10.9. The number of carbonyl (C=O) groups is 1. The van der Waals surface area contributed by atoms with Crippen LogP contribution in [0.5, 0.6) is 0 Å². The number of carbonyl (C=O) groups excluding carboxylic acids is 1. The molecule has 3 aromatic carbocycles. The van der Waals surface area contributed by atoms with Crippen LogP contribution in [0.2, 0.25) is 0 Å². The fourth-order valence-electron chi connectivity index (χ4n) is 3.73. The molecule has 0 atom stereocenters. The average molecular weight is 441 g/mol. The van der Waals surface area contributed by atoms with Crippen molar-refractivity contribution in [1.29, 1.82) is 0 Å². The van der Waals surface area contributed by atoms with Gasteiger partial charge in [-0.1, -0.05) is 42.5 Å². The van der Waals surface area contributed by atoms with E-state index in [1.807, 2.05) is 84.9 Å². The van der Waals surface area contributed by atoms with Gasteiger partial charge < -0.3 is 0 Å². The number of imidazole rings is 1. The van der Waals surface area contributed by atoms with Crippen molar-refractivity contribution in [3.63, 3.8) is 0 Å². The Balaban J connectivity index is 1.59. The van der Waals surface area contributed by atoms with Gasteiger partial charge in [-0.2, -0.15) is 0 Å². The van der Waals surface area contributed by atoms with Gasteiger partial charge in [0.1, 0.15) is 0 Å². The molecule has 6 nitrogen and oxygen atoms in total. The molecule has 1 aliphatic rings. The van der Waals surface area contributed by atoms with Gasteiger partial charge >= 0.3 is 5.69 Å². The quantitative estimate of drug-likeness (QED) is 0.435. The first-order valence-electron chi connectivity index (χ1n) is 10.1. The van der Waals surface area contributed by atoms with Gasteiger partial charge in [-0.3, -0.25) is 18.8 Å². The van der Waals surface area contributed by atoms with Crippen LogP contribution in [0.3, 0.4) is 0 Å². The summed E-state index contributed by atoms with van der Waals surface area (Å²) in [6.45, 7) is 0. The van der Waals surface area contributed by atoms with Crippen LogP contribution in [-0.4, -0.2) is 20.2 Å². The average Bonchev–Trinajstić information content (AvgIpc) is 3.23. The van der Waals surface area contributed by atoms with Gasteiger partial charge in [0, 0.05) is 14.1 Å². The number of hydrogen-bond acceptors (Lipinski definition) is 4. The van der Waals surface area contributed by atoms with Crippen molar-refractivity contribution in [2.45, 2.75) is 0 Å². The highest BCUT2D eigenvalue weighted by molar-refractivity contribution is 8.19. The summed E-state index contributed by atoms with van der Waals surface area (Å²) in [5, 5.41) is 0.604. The predicted octanol–water partition coefficient (Wildman–Crippen LogP) is 4.69. The number of para-hydroxylation sites is 2. The molecule has 1 aromatic heterocycles. The number of benzene rings is 3. The molecule has 1 amide bonds. The molecule has 4 aromatic rings. The van der Waals surface area contributed by atoms with Crippen LogP contribution >= 0.6 is 11.8 Å². The molecule has 1 saturated heterocycles. The van der Waals surface area contributed by atoms with Gasteiger partial charge in [0.15, 0.2) is 5.17 Å². The molecule has 0 saturated carbocycles. The predicted molar refractivity (Wildman–Crippen MR) is 131 cm³/mol. The maximum absolute atomic E-state index is 13.4. The molecule has 7 heteroatoms. The number of aromatic nitrogens is 2. The molecule has 0 bridgehead atoms. The Morgan fingerprint density at radius 3 is 2.19 bits per heavy atom. The largest absolute Gasteiger partial charge is 0.328 e. The minimum Gasteiger partial charge on any atom is -0.295 e. The Morgan fingerprint density at radius 1 is 0.812 bits per heavy atom. The van der Waals surface area contributed by atoms with Crippen molar-refractivity contribution in [3.8, 4) is 0 Å². The smallest absolute Gasteiger partial charge is 0.295 e. The normalized spacial score (nSPS) is 16.6. The summed E-state index contributed by atoms with van der Waals surface area (Å²) in [6, 6.07) is 24.9. The SMILES string of the molecule is Cn1c(=O)n(C)c2cc(/C=C3\SC(=Nc4ccccc4)N(c4ccccc4)C3=O)ccc21. The molecule has 5 rings (SSSR count). The zero-order chi connectivity index (χ0) is 22.2. The highest BCUT2D eigenvalue weighted by Crippen LogP contribution is 2.37. The van der Waals surface area contributed by atoms with Crippen LogP contribution in [0.1, 0.15) is 5.56 Å². The Hall–Kier alpha value is -3.84. The van der Waals surface area contributed by atoms with E-state index >= 15 is 0 Å². The number of hydrogen-bond donors (Lipinski definition) is 0. The van der Waals surface area contributed by atoms with E-state index < -0.39 is 0 Å². The number of fused-ring (bicyclic) bond motifs is 1. The van der Waals surface area contributed by atoms with Crippen LogP contribution in [0.4, 0.5) is 11.4 Å². The number of thioether (sulfide) groups is 1. The molecule has 0 spiro atoms. The topological polar surface area (TPSA) is 59.6 Å². The van der Waals surface area contributed by atoms with E-state index in [4.69, 9.17) is 4.99 Å². The Morgan fingerprint density at radius 2 is 1.47 bits per heavy atom. The maximum Gasteiger partial charge on any atom is 0.328 e. The van der Waals surface area contributed by atoms with E-state index in [2.05, 4.69) is 0 Å². The number of amides is 1. The van der Waals surface area contributed by atoms with Crippen molar-refractivity contribution in [2.75, 3.05) is 4.90 Å². The first-order chi connectivity index (χ1) is 15.5. The highest BCUT2D eigenvalue weighted by atomic mass is 32.2. The summed E-state index contributed by atoms with van der Waals surface area (Å²) in [4.78, 5) is 32.6. The molecule has 1 aliphatic heterocycles. The van der Waals surface area contributed by atoms with Crippen LogP contribution in [0.25, 0.3) is 17.1 Å². The van der Waals surface area contributed by atoms with E-state index in [-0.39, 0.29) is 11.6 Å². The van der Waals surface area contributed by atoms with E-state index in [9.17, 15) is 9.59 Å². The number of nitrogens with zero attached hydrogens (tertiary/aromatic N) is 4. The lowest BCUT2D eigenvalue weighted by molar-refractivity contribution is -0.113. The second-order valence-electron chi connectivity index (χ2n) is 7.47. The van der Waals surface area contributed by atoms with Gasteiger partial charge in [-0.15, -0.1) is 0 Å². The Bertz CT molecular complexity index is 1450. The lowest BCUT2D eigenvalue weighted by Gasteiger charge is -2.15. The van der Waals surface area contributed by atoms with E-state index in [0.29, 0.717) is 10.1 Å². The highest BCUT2D eigenvalue weighted by Gasteiger charge is 2.34. The minimum atomic E-state index is -0.127. The molecule has 2 heterocycles. The molecule has 1 fully saturated rings. The summed E-state index contributed by atoms with van der Waals surface area (Å²) in [6.07, 6.45) is 1.85. The van der Waals surface area contributed by atoms with Gasteiger partial charge in [0.05, 0.1) is 27.3 Å². The third-order valence-electron chi connectivity index (χ3n) is 5.40. The van der Waals surface area contributed by atoms with Crippen molar-refractivity contribution in [2.24, 2.45) is 19.1 Å². The second kappa shape index (κ2) is 8.01. The van der Waals surface area contributed by atoms with Gasteiger partial charge in [-0.05, 0) is 59.8 Å². The van der Waals surface area contributed by atoms with Crippen molar-refractivity contribution < 1.29 is 4.79 Å². The van der Waals surface area contributed by atoms with Crippen molar-refractivity contribution in [3.05, 3.63) is 99.8 Å². The van der Waals surface area contributed by atoms with Gasteiger partial charge in [-0.25, -0.2) is 9.79 Å². The van der Waals surface area contributed by atoms with E-state index in [0.717, 1.165) is 28.0 Å². The standard InChI is InChI=1S/C25H20N4O2S/c1-27-20-14-13-17(15-21(20)28(2)25(27)31)16-22-23(30)29(19-11-7-4-8-12-19)24(32-22)26-18-9-5-3-6-10-18/h3-16H,1-2H3/b22-16-,26-24?. The number of amidine groups is 1. The lowest BCUT2D eigenvalue weighted by atomic mass is 10.1. The second-order valence-corrected chi connectivity index (χ2v) is 8.47. The van der Waals surface area contributed by atoms with Crippen LogP contribution in [0, 0.1) is 0 Å². The minimum absolute atomic E-state index is 0.0799. The summed E-state index contributed by atoms with van der Waals surface area (Å²) in [7, 11) is 3.50. The summed E-state index contributed by atoms with van der Waals surface area (Å²) in [5.41, 5.74) is 3.99. The summed E-state index contributed by atoms with van der Waals surface area (Å²) in [5.74, 6) is -0.127. The third-order valence-corrected chi connectivity index (χ3v) is 6.36. The van der Waals surface area contributed by atoms with Crippen LogP contribution in [-0.2, 0) is 18.9 Å². The summed E-state index contributed by atoms with van der Waals surface area (Å²) < 4.78 is 3.23. The molecule has 0 aliphatic carbocycles. The molecular weight excluding hydrogens is 420 g/mol. The molecule has 0 N–H and O–H groups in total. The molecule has 0 radical (unpaired) electrons. The number of aryl methyl sites for hydroxylation is 2. The van der Waals surface area contributed by atoms with Crippen LogP contribution < -0.4 is 10.6 Å². The monoisotopic (exact) mass is 440 g/mol. The number of aliphatic imine (C=N–C) groups is 1. The van der Waals surface area contributed by atoms with Gasteiger partial charge in [0.2, 0.25) is 0 Å². The maximum atomic E-state index is 13.4. The third kappa shape index (κ3) is 3.46. The Labute approximate surface area is 189 Å². The first kappa shape index (κ1) is 20.1. The number of anilines is 1. The van der Waals surface area contributed by atoms with Crippen LogP contribution in [0.15, 0.2) is 93.6 Å². The molecular formula is C25H20N4O2S. The molecule has 158 valence electrons. The zero-order valence-electron chi connectivity index (χ0n) is 17.6. The Kier molecular flexibility index (Phi) is 5.03. The fraction of sp³-hybridized carbons (Fsp3) is 0.0800. The zero-order valence-corrected chi connectivity index (χ0v) is 18.4. The van der Waals surface area contributed by atoms with Crippen molar-refractivity contribution >= 4 is 51.3 Å². The van der Waals surface area contributed by atoms with E-state index in [1.165, 1.54) is 11.8 Å². The van der Waals surface area contributed by atoms with Crippen molar-refractivity contribution in [1.82, 2.24) is 9.13 Å². The number of rotatable bonds is 3. The molecule has 32 heavy (non-hydrogen) atoms. The molecule has 0 unspecified atom stereocenters.